The summed E-state index contributed by atoms with van der Waals surface area (Å²) in [5.41, 5.74) is 1.01. The van der Waals surface area contributed by atoms with Gasteiger partial charge >= 0.3 is 0 Å². The van der Waals surface area contributed by atoms with E-state index in [0.29, 0.717) is 19.3 Å². The Labute approximate surface area is 99.5 Å². The van der Waals surface area contributed by atoms with Gasteiger partial charge in [-0.15, -0.1) is 13.2 Å². The van der Waals surface area contributed by atoms with E-state index in [1.165, 1.54) is 6.07 Å². The van der Waals surface area contributed by atoms with Gasteiger partial charge in [-0.25, -0.2) is 8.78 Å². The second-order valence-electron chi connectivity index (χ2n) is 3.57. The van der Waals surface area contributed by atoms with Gasteiger partial charge in [-0.2, -0.15) is 0 Å². The summed E-state index contributed by atoms with van der Waals surface area (Å²) in [5.74, 6) is -1.51. The molecule has 17 heavy (non-hydrogen) atoms. The number of ketones is 1. The van der Waals surface area contributed by atoms with Gasteiger partial charge in [0.25, 0.3) is 0 Å². The Morgan fingerprint density at radius 3 is 2.41 bits per heavy atom. The molecule has 0 unspecified atom stereocenters. The zero-order chi connectivity index (χ0) is 12.8. The van der Waals surface area contributed by atoms with Crippen molar-refractivity contribution in [2.24, 2.45) is 0 Å². The van der Waals surface area contributed by atoms with Crippen molar-refractivity contribution in [1.29, 1.82) is 0 Å². The van der Waals surface area contributed by atoms with Gasteiger partial charge in [-0.3, -0.25) is 4.79 Å². The molecule has 1 aliphatic carbocycles. The van der Waals surface area contributed by atoms with E-state index in [2.05, 4.69) is 13.2 Å². The predicted octanol–water partition coefficient (Wildman–Crippen LogP) is 3.90. The number of carbonyl (C=O) groups excluding carboxylic acids is 1. The van der Waals surface area contributed by atoms with Crippen LogP contribution in [0.3, 0.4) is 0 Å². The minimum absolute atomic E-state index is 0.149. The number of hydrogen-bond acceptors (Lipinski definition) is 1. The van der Waals surface area contributed by atoms with Crippen LogP contribution in [0.15, 0.2) is 37.4 Å². The second kappa shape index (κ2) is 6.09. The Kier molecular flexibility index (Phi) is 4.76. The average Bonchev–Trinajstić information content (AvgIpc) is 2.37. The minimum atomic E-state index is -0.842. The molecular weight excluding hydrogens is 222 g/mol. The van der Waals surface area contributed by atoms with E-state index >= 15 is 0 Å². The van der Waals surface area contributed by atoms with Crippen molar-refractivity contribution in [2.45, 2.75) is 19.3 Å². The van der Waals surface area contributed by atoms with E-state index in [-0.39, 0.29) is 11.3 Å². The summed E-state index contributed by atoms with van der Waals surface area (Å²) < 4.78 is 26.3. The highest BCUT2D eigenvalue weighted by molar-refractivity contribution is 5.86. The largest absolute Gasteiger partial charge is 0.299 e. The van der Waals surface area contributed by atoms with Crippen molar-refractivity contribution in [3.05, 3.63) is 54.6 Å². The summed E-state index contributed by atoms with van der Waals surface area (Å²) in [6.45, 7) is 6.00. The van der Waals surface area contributed by atoms with Gasteiger partial charge in [0.05, 0.1) is 0 Å². The van der Waals surface area contributed by atoms with Gasteiger partial charge in [-0.05, 0) is 18.1 Å². The molecule has 0 saturated carbocycles. The summed E-state index contributed by atoms with van der Waals surface area (Å²) in [6.07, 6.45) is 2.93. The van der Waals surface area contributed by atoms with Gasteiger partial charge in [0, 0.05) is 18.4 Å². The van der Waals surface area contributed by atoms with Gasteiger partial charge in [0.15, 0.2) is 11.6 Å². The number of halogens is 2. The Morgan fingerprint density at radius 1 is 1.12 bits per heavy atom. The fraction of sp³-hybridized carbons (Fsp3) is 0.214. The van der Waals surface area contributed by atoms with E-state index in [1.807, 2.05) is 0 Å². The van der Waals surface area contributed by atoms with Crippen LogP contribution in [0.1, 0.15) is 24.8 Å². The van der Waals surface area contributed by atoms with E-state index in [9.17, 15) is 13.6 Å². The first kappa shape index (κ1) is 13.3. The number of carbonyl (C=O) groups is 1. The monoisotopic (exact) mass is 236 g/mol. The molecule has 3 heteroatoms. The summed E-state index contributed by atoms with van der Waals surface area (Å²) in [7, 11) is 0. The zero-order valence-corrected chi connectivity index (χ0v) is 9.51. The van der Waals surface area contributed by atoms with Crippen molar-refractivity contribution >= 4 is 11.4 Å². The van der Waals surface area contributed by atoms with Crippen LogP contribution in [0.25, 0.3) is 5.57 Å². The lowest BCUT2D eigenvalue weighted by atomic mass is 9.93. The van der Waals surface area contributed by atoms with Crippen LogP contribution in [0.4, 0.5) is 8.78 Å². The molecule has 0 spiro atoms. The SMILES string of the molecule is C=C.O=C1CC=C(c2cccc(F)c2F)CC1. The number of rotatable bonds is 1. The maximum Gasteiger partial charge on any atom is 0.166 e. The number of hydrogen-bond donors (Lipinski definition) is 0. The third-order valence-corrected chi connectivity index (χ3v) is 2.55. The zero-order valence-electron chi connectivity index (χ0n) is 9.51. The van der Waals surface area contributed by atoms with E-state index in [4.69, 9.17) is 0 Å². The van der Waals surface area contributed by atoms with E-state index in [1.54, 1.807) is 12.1 Å². The normalized spacial score (nSPS) is 14.7. The van der Waals surface area contributed by atoms with Gasteiger partial charge in [-0.1, -0.05) is 18.2 Å². The molecule has 1 aromatic rings. The molecule has 1 aliphatic rings. The fourth-order valence-electron chi connectivity index (χ4n) is 1.71. The Balaban J connectivity index is 0.000000686. The predicted molar refractivity (Wildman–Crippen MR) is 64.4 cm³/mol. The molecule has 0 aliphatic heterocycles. The summed E-state index contributed by atoms with van der Waals surface area (Å²) in [5, 5.41) is 0. The van der Waals surface area contributed by atoms with Crippen molar-refractivity contribution < 1.29 is 13.6 Å². The Bertz CT molecular complexity index is 450. The first-order valence-electron chi connectivity index (χ1n) is 5.33. The molecule has 0 atom stereocenters. The van der Waals surface area contributed by atoms with E-state index in [0.717, 1.165) is 11.6 Å². The van der Waals surface area contributed by atoms with Crippen LogP contribution in [-0.4, -0.2) is 5.78 Å². The highest BCUT2D eigenvalue weighted by Crippen LogP contribution is 2.27. The molecule has 0 saturated heterocycles. The summed E-state index contributed by atoms with van der Waals surface area (Å²) >= 11 is 0. The smallest absolute Gasteiger partial charge is 0.166 e. The number of allylic oxidation sites excluding steroid dienone is 2. The van der Waals surface area contributed by atoms with Crippen LogP contribution in [0.2, 0.25) is 0 Å². The maximum absolute atomic E-state index is 13.4. The van der Waals surface area contributed by atoms with Crippen LogP contribution in [0, 0.1) is 11.6 Å². The molecule has 1 nitrogen and oxygen atoms in total. The topological polar surface area (TPSA) is 17.1 Å². The molecule has 0 aromatic heterocycles. The third kappa shape index (κ3) is 3.09. The molecule has 0 fully saturated rings. The lowest BCUT2D eigenvalue weighted by molar-refractivity contribution is -0.118. The molecule has 1 aromatic carbocycles. The van der Waals surface area contributed by atoms with Crippen LogP contribution in [0.5, 0.6) is 0 Å². The first-order chi connectivity index (χ1) is 8.18. The molecule has 0 bridgehead atoms. The van der Waals surface area contributed by atoms with Crippen molar-refractivity contribution in [3.63, 3.8) is 0 Å². The molecule has 0 amide bonds. The lowest BCUT2D eigenvalue weighted by Crippen LogP contribution is -2.04. The van der Waals surface area contributed by atoms with Crippen molar-refractivity contribution in [1.82, 2.24) is 0 Å². The minimum Gasteiger partial charge on any atom is -0.299 e. The fourth-order valence-corrected chi connectivity index (χ4v) is 1.71. The highest BCUT2D eigenvalue weighted by Gasteiger charge is 2.16. The van der Waals surface area contributed by atoms with Crippen LogP contribution in [-0.2, 0) is 4.79 Å². The molecule has 0 heterocycles. The molecule has 2 rings (SSSR count). The molecule has 0 radical (unpaired) electrons. The molecule has 0 N–H and O–H groups in total. The summed E-state index contributed by atoms with van der Waals surface area (Å²) in [6, 6.07) is 4.11. The highest BCUT2D eigenvalue weighted by atomic mass is 19.2. The van der Waals surface area contributed by atoms with E-state index < -0.39 is 11.6 Å². The van der Waals surface area contributed by atoms with Crippen LogP contribution < -0.4 is 0 Å². The molecule has 90 valence electrons. The quantitative estimate of drug-likeness (QED) is 0.676. The van der Waals surface area contributed by atoms with Crippen LogP contribution >= 0.6 is 0 Å². The summed E-state index contributed by atoms with van der Waals surface area (Å²) in [4.78, 5) is 11.0. The van der Waals surface area contributed by atoms with Gasteiger partial charge in [0.1, 0.15) is 5.78 Å². The second-order valence-corrected chi connectivity index (χ2v) is 3.57. The van der Waals surface area contributed by atoms with Crippen molar-refractivity contribution in [3.8, 4) is 0 Å². The first-order valence-corrected chi connectivity index (χ1v) is 5.33. The van der Waals surface area contributed by atoms with Crippen molar-refractivity contribution in [2.75, 3.05) is 0 Å². The number of Topliss-reactive ketones (excluding diaryl/α,β-unsaturated/α-hetero) is 1. The Morgan fingerprint density at radius 2 is 1.82 bits per heavy atom. The lowest BCUT2D eigenvalue weighted by Gasteiger charge is -2.13. The number of benzene rings is 1. The molecular formula is C14H14F2O. The Hall–Kier alpha value is -1.77. The van der Waals surface area contributed by atoms with Gasteiger partial charge in [0.2, 0.25) is 0 Å². The third-order valence-electron chi connectivity index (χ3n) is 2.55. The maximum atomic E-state index is 13.4. The van der Waals surface area contributed by atoms with Gasteiger partial charge < -0.3 is 0 Å². The average molecular weight is 236 g/mol. The standard InChI is InChI=1S/C12H10F2O.C2H4/c13-11-3-1-2-10(12(11)14)8-4-6-9(15)7-5-8;1-2/h1-4H,5-7H2;1-2H2.